The first kappa shape index (κ1) is 30.6. The van der Waals surface area contributed by atoms with E-state index in [9.17, 15) is 19.2 Å². The standard InChI is InChI=1S/C30H34N8O5S/c1-17(2)25-29-35-23(16-44-29)27(41)33-21(12-19-8-6-5-7-9-19)28-34-22(15-43-28)26(40)31-10-11-38(14-24(39)36-25)30(42)20-13-32-37(4)18(20)3/h5-9,13,15-17,21,25H,10-12,14H2,1-4H3,(H,31,40)(H,33,41)(H,36,39)/t21-,25-/m0/s1. The first-order valence-electron chi connectivity index (χ1n) is 14.2. The van der Waals surface area contributed by atoms with Crippen LogP contribution in [0.25, 0.3) is 0 Å². The van der Waals surface area contributed by atoms with Crippen LogP contribution in [0.4, 0.5) is 0 Å². The summed E-state index contributed by atoms with van der Waals surface area (Å²) in [5.41, 5.74) is 2.13. The number of carbonyl (C=O) groups is 4. The van der Waals surface area contributed by atoms with Crippen LogP contribution in [0.15, 0.2) is 52.6 Å². The van der Waals surface area contributed by atoms with E-state index in [2.05, 4.69) is 31.0 Å². The quantitative estimate of drug-likeness (QED) is 0.314. The summed E-state index contributed by atoms with van der Waals surface area (Å²) in [5, 5.41) is 15.0. The van der Waals surface area contributed by atoms with E-state index in [0.717, 1.165) is 5.56 Å². The molecule has 3 N–H and O–H groups in total. The molecule has 44 heavy (non-hydrogen) atoms. The molecule has 3 aromatic heterocycles. The molecule has 13 nitrogen and oxygen atoms in total. The normalized spacial score (nSPS) is 18.3. The number of nitrogens with zero attached hydrogens (tertiary/aromatic N) is 5. The number of carbonyl (C=O) groups excluding carboxylic acids is 4. The zero-order valence-corrected chi connectivity index (χ0v) is 25.7. The smallest absolute Gasteiger partial charge is 0.273 e. The average Bonchev–Trinajstić information content (AvgIpc) is 3.76. The summed E-state index contributed by atoms with van der Waals surface area (Å²) in [6, 6.07) is 8.33. The van der Waals surface area contributed by atoms with Crippen molar-refractivity contribution < 1.29 is 23.6 Å². The molecule has 4 bridgehead atoms. The second-order valence-electron chi connectivity index (χ2n) is 10.9. The Morgan fingerprint density at radius 2 is 1.86 bits per heavy atom. The van der Waals surface area contributed by atoms with Crippen LogP contribution in [0, 0.1) is 12.8 Å². The number of aromatic nitrogens is 4. The summed E-state index contributed by atoms with van der Waals surface area (Å²) >= 11 is 1.26. The van der Waals surface area contributed by atoms with Crippen LogP contribution >= 0.6 is 11.3 Å². The molecule has 1 aliphatic heterocycles. The minimum atomic E-state index is -0.688. The second kappa shape index (κ2) is 13.2. The molecule has 4 heterocycles. The molecule has 5 rings (SSSR count). The third kappa shape index (κ3) is 6.86. The summed E-state index contributed by atoms with van der Waals surface area (Å²) in [7, 11) is 1.73. The fourth-order valence-corrected chi connectivity index (χ4v) is 5.82. The van der Waals surface area contributed by atoms with Crippen molar-refractivity contribution in [2.75, 3.05) is 19.6 Å². The SMILES string of the molecule is Cc1c(C(=O)N2CCNC(=O)c3coc(n3)[C@H](Cc3ccccc3)NC(=O)c3csc(n3)[C@H](C(C)C)NC(=O)C2)cnn1C. The van der Waals surface area contributed by atoms with Crippen LogP contribution < -0.4 is 16.0 Å². The van der Waals surface area contributed by atoms with Gasteiger partial charge in [-0.05, 0) is 18.4 Å². The summed E-state index contributed by atoms with van der Waals surface area (Å²) in [6.07, 6.45) is 3.05. The van der Waals surface area contributed by atoms with Crippen molar-refractivity contribution >= 4 is 35.0 Å². The van der Waals surface area contributed by atoms with E-state index in [0.29, 0.717) is 22.7 Å². The van der Waals surface area contributed by atoms with Crippen molar-refractivity contribution in [3.8, 4) is 0 Å². The van der Waals surface area contributed by atoms with Gasteiger partial charge in [-0.3, -0.25) is 23.9 Å². The van der Waals surface area contributed by atoms with Crippen molar-refractivity contribution in [1.29, 1.82) is 0 Å². The number of fused-ring (bicyclic) bond motifs is 4. The van der Waals surface area contributed by atoms with Crippen LogP contribution in [0.3, 0.4) is 0 Å². The number of thiazole rings is 1. The molecule has 230 valence electrons. The predicted octanol–water partition coefficient (Wildman–Crippen LogP) is 2.59. The maximum atomic E-state index is 13.5. The van der Waals surface area contributed by atoms with Gasteiger partial charge in [0.25, 0.3) is 17.7 Å². The van der Waals surface area contributed by atoms with E-state index in [1.807, 2.05) is 44.2 Å². The molecule has 0 radical (unpaired) electrons. The predicted molar refractivity (Wildman–Crippen MR) is 161 cm³/mol. The van der Waals surface area contributed by atoms with E-state index >= 15 is 0 Å². The fraction of sp³-hybridized carbons (Fsp3) is 0.367. The third-order valence-corrected chi connectivity index (χ3v) is 8.33. The molecule has 1 aliphatic rings. The fourth-order valence-electron chi connectivity index (χ4n) is 4.80. The van der Waals surface area contributed by atoms with Gasteiger partial charge in [0.1, 0.15) is 23.0 Å². The van der Waals surface area contributed by atoms with E-state index < -0.39 is 35.7 Å². The minimum Gasteiger partial charge on any atom is -0.446 e. The Labute approximate surface area is 258 Å². The molecule has 0 spiro atoms. The lowest BCUT2D eigenvalue weighted by Gasteiger charge is -2.25. The monoisotopic (exact) mass is 618 g/mol. The van der Waals surface area contributed by atoms with E-state index in [1.165, 1.54) is 28.7 Å². The van der Waals surface area contributed by atoms with Gasteiger partial charge in [0.2, 0.25) is 11.8 Å². The van der Waals surface area contributed by atoms with Crippen molar-refractivity contribution in [3.63, 3.8) is 0 Å². The molecule has 2 atom stereocenters. The lowest BCUT2D eigenvalue weighted by molar-refractivity contribution is -0.122. The number of aryl methyl sites for hydroxylation is 1. The van der Waals surface area contributed by atoms with Gasteiger partial charge in [-0.2, -0.15) is 5.10 Å². The van der Waals surface area contributed by atoms with Crippen LogP contribution in [0.5, 0.6) is 0 Å². The summed E-state index contributed by atoms with van der Waals surface area (Å²) < 4.78 is 7.26. The molecule has 1 aromatic carbocycles. The minimum absolute atomic E-state index is 0.0165. The number of hydrogen-bond acceptors (Lipinski definition) is 9. The third-order valence-electron chi connectivity index (χ3n) is 7.40. The highest BCUT2D eigenvalue weighted by Crippen LogP contribution is 2.26. The van der Waals surface area contributed by atoms with Gasteiger partial charge in [0.05, 0.1) is 24.3 Å². The van der Waals surface area contributed by atoms with Crippen molar-refractivity contribution in [3.05, 3.63) is 87.3 Å². The maximum Gasteiger partial charge on any atom is 0.273 e. The first-order valence-corrected chi connectivity index (χ1v) is 15.1. The maximum absolute atomic E-state index is 13.5. The van der Waals surface area contributed by atoms with Gasteiger partial charge in [0.15, 0.2) is 5.69 Å². The Hall–Kier alpha value is -4.85. The lowest BCUT2D eigenvalue weighted by Crippen LogP contribution is -2.45. The highest BCUT2D eigenvalue weighted by molar-refractivity contribution is 7.09. The van der Waals surface area contributed by atoms with Gasteiger partial charge in [-0.25, -0.2) is 9.97 Å². The van der Waals surface area contributed by atoms with Crippen molar-refractivity contribution in [2.24, 2.45) is 13.0 Å². The Morgan fingerprint density at radius 3 is 2.57 bits per heavy atom. The highest BCUT2D eigenvalue weighted by atomic mass is 32.1. The van der Waals surface area contributed by atoms with E-state index in [4.69, 9.17) is 4.42 Å². The van der Waals surface area contributed by atoms with E-state index in [1.54, 1.807) is 24.0 Å². The zero-order valence-electron chi connectivity index (χ0n) is 24.9. The van der Waals surface area contributed by atoms with Crippen LogP contribution in [-0.4, -0.2) is 67.9 Å². The van der Waals surface area contributed by atoms with Crippen LogP contribution in [0.1, 0.15) is 79.4 Å². The molecule has 4 amide bonds. The topological polar surface area (TPSA) is 164 Å². The summed E-state index contributed by atoms with van der Waals surface area (Å²) in [4.78, 5) is 63.6. The number of hydrogen-bond donors (Lipinski definition) is 3. The van der Waals surface area contributed by atoms with Gasteiger partial charge in [-0.1, -0.05) is 44.2 Å². The lowest BCUT2D eigenvalue weighted by atomic mass is 10.0. The molecule has 0 fully saturated rings. The molecule has 0 aliphatic carbocycles. The zero-order chi connectivity index (χ0) is 31.4. The van der Waals surface area contributed by atoms with Crippen molar-refractivity contribution in [2.45, 2.75) is 39.3 Å². The van der Waals surface area contributed by atoms with Gasteiger partial charge >= 0.3 is 0 Å². The Bertz CT molecular complexity index is 1660. The number of amides is 4. The molecule has 4 aromatic rings. The molecular formula is C30H34N8O5S. The van der Waals surface area contributed by atoms with Gasteiger partial charge in [0, 0.05) is 37.6 Å². The number of benzene rings is 1. The van der Waals surface area contributed by atoms with E-state index in [-0.39, 0.29) is 42.8 Å². The number of nitrogens with one attached hydrogen (secondary N) is 3. The van der Waals surface area contributed by atoms with Gasteiger partial charge in [-0.15, -0.1) is 11.3 Å². The highest BCUT2D eigenvalue weighted by Gasteiger charge is 2.29. The molecular weight excluding hydrogens is 584 g/mol. The Kier molecular flexibility index (Phi) is 9.18. The van der Waals surface area contributed by atoms with Crippen molar-refractivity contribution in [1.82, 2.24) is 40.6 Å². The summed E-state index contributed by atoms with van der Waals surface area (Å²) in [6.45, 7) is 5.48. The van der Waals surface area contributed by atoms with Crippen LogP contribution in [0.2, 0.25) is 0 Å². The van der Waals surface area contributed by atoms with Gasteiger partial charge < -0.3 is 25.3 Å². The summed E-state index contributed by atoms with van der Waals surface area (Å²) in [5.74, 6) is -1.67. The number of rotatable bonds is 4. The molecule has 0 unspecified atom stereocenters. The molecule has 0 saturated carbocycles. The van der Waals surface area contributed by atoms with Crippen LogP contribution in [-0.2, 0) is 18.3 Å². The molecule has 14 heteroatoms. The second-order valence-corrected chi connectivity index (χ2v) is 11.8. The first-order chi connectivity index (χ1) is 21.1. The average molecular weight is 619 g/mol. The largest absolute Gasteiger partial charge is 0.446 e. The Balaban J connectivity index is 1.48. The Morgan fingerprint density at radius 1 is 1.09 bits per heavy atom. The molecule has 0 saturated heterocycles. The number of oxazole rings is 1.